The van der Waals surface area contributed by atoms with Crippen LogP contribution in [0.15, 0.2) is 35.5 Å². The summed E-state index contributed by atoms with van der Waals surface area (Å²) in [6, 6.07) is 8.45. The number of nitrogens with zero attached hydrogens (tertiary/aromatic N) is 1. The van der Waals surface area contributed by atoms with Crippen molar-refractivity contribution >= 4 is 17.8 Å². The molecule has 0 heterocycles. The summed E-state index contributed by atoms with van der Waals surface area (Å²) in [6.45, 7) is 5.05. The Balaban J connectivity index is 2.82. The second-order valence-electron chi connectivity index (χ2n) is 4.73. The molecule has 0 bridgehead atoms. The van der Waals surface area contributed by atoms with Crippen LogP contribution in [0.4, 0.5) is 4.79 Å². The largest absolute Gasteiger partial charge is 0.535 e. The summed E-state index contributed by atoms with van der Waals surface area (Å²) >= 11 is 0. The number of hydrogen-bond donors (Lipinski definition) is 1. The number of nitrogens with two attached hydrogens (primary N) is 1. The van der Waals surface area contributed by atoms with Crippen molar-refractivity contribution in [3.8, 4) is 0 Å². The highest BCUT2D eigenvalue weighted by Gasteiger charge is 2.19. The third-order valence-corrected chi connectivity index (χ3v) is 1.88. The molecule has 0 aliphatic heterocycles. The Morgan fingerprint density at radius 2 is 1.74 bits per heavy atom. The Morgan fingerprint density at radius 1 is 1.16 bits per heavy atom. The van der Waals surface area contributed by atoms with E-state index in [4.69, 9.17) is 10.5 Å². The van der Waals surface area contributed by atoms with Crippen molar-refractivity contribution in [1.29, 1.82) is 0 Å². The first-order valence-electron chi connectivity index (χ1n) is 5.63. The Hall–Kier alpha value is -2.37. The molecule has 0 aliphatic carbocycles. The van der Waals surface area contributed by atoms with Crippen molar-refractivity contribution < 1.29 is 19.2 Å². The molecule has 0 radical (unpaired) electrons. The Bertz CT molecular complexity index is 489. The molecule has 0 aromatic heterocycles. The van der Waals surface area contributed by atoms with Gasteiger partial charge in [-0.05, 0) is 20.8 Å². The van der Waals surface area contributed by atoms with Gasteiger partial charge in [0.2, 0.25) is 0 Å². The van der Waals surface area contributed by atoms with Crippen molar-refractivity contribution in [3.63, 3.8) is 0 Å². The molecule has 1 amide bonds. The van der Waals surface area contributed by atoms with Crippen molar-refractivity contribution in [3.05, 3.63) is 35.9 Å². The summed E-state index contributed by atoms with van der Waals surface area (Å²) in [5, 5.41) is 3.45. The van der Waals surface area contributed by atoms with Gasteiger partial charge in [-0.2, -0.15) is 0 Å². The second-order valence-corrected chi connectivity index (χ2v) is 4.73. The van der Waals surface area contributed by atoms with Crippen LogP contribution in [0.1, 0.15) is 26.3 Å². The molecule has 0 atom stereocenters. The first-order chi connectivity index (χ1) is 8.79. The average Bonchev–Trinajstić information content (AvgIpc) is 2.27. The number of carbonyl (C=O) groups excluding carboxylic acids is 2. The van der Waals surface area contributed by atoms with Crippen LogP contribution >= 0.6 is 0 Å². The number of benzene rings is 1. The molecular formula is C13H16N2O4. The van der Waals surface area contributed by atoms with Gasteiger partial charge in [0, 0.05) is 5.56 Å². The first kappa shape index (κ1) is 14.7. The van der Waals surface area contributed by atoms with Crippen molar-refractivity contribution in [1.82, 2.24) is 0 Å². The minimum atomic E-state index is -0.998. The maximum absolute atomic E-state index is 11.3. The zero-order chi connectivity index (χ0) is 14.5. The summed E-state index contributed by atoms with van der Waals surface area (Å²) in [7, 11) is 0. The van der Waals surface area contributed by atoms with Gasteiger partial charge in [0.1, 0.15) is 5.60 Å². The molecule has 1 aromatic carbocycles. The minimum Gasteiger partial charge on any atom is -0.427 e. The quantitative estimate of drug-likeness (QED) is 0.390. The van der Waals surface area contributed by atoms with Gasteiger partial charge in [-0.25, -0.2) is 4.79 Å². The maximum atomic E-state index is 11.3. The highest BCUT2D eigenvalue weighted by Crippen LogP contribution is 2.09. The number of ether oxygens (including phenoxy) is 1. The van der Waals surface area contributed by atoms with E-state index in [1.807, 2.05) is 0 Å². The molecule has 0 saturated carbocycles. The summed E-state index contributed by atoms with van der Waals surface area (Å²) in [5.74, 6) is -0.797. The van der Waals surface area contributed by atoms with E-state index in [9.17, 15) is 9.59 Å². The Labute approximate surface area is 111 Å². The standard InChI is InChI=1S/C13H16N2O4/c1-13(2,3)18-12(17)19-15-10(11(14)16)9-7-5-4-6-8-9/h4-8H,1-3H3,(H2,14,16). The van der Waals surface area contributed by atoms with E-state index in [1.54, 1.807) is 51.1 Å². The van der Waals surface area contributed by atoms with E-state index in [0.717, 1.165) is 0 Å². The fourth-order valence-corrected chi connectivity index (χ4v) is 1.19. The molecule has 2 N–H and O–H groups in total. The van der Waals surface area contributed by atoms with E-state index in [2.05, 4.69) is 9.99 Å². The Morgan fingerprint density at radius 3 is 2.21 bits per heavy atom. The predicted molar refractivity (Wildman–Crippen MR) is 69.5 cm³/mol. The van der Waals surface area contributed by atoms with E-state index in [-0.39, 0.29) is 5.71 Å². The fourth-order valence-electron chi connectivity index (χ4n) is 1.19. The SMILES string of the molecule is CC(C)(C)OC(=O)ON=C(C(N)=O)c1ccccc1. The van der Waals surface area contributed by atoms with Gasteiger partial charge >= 0.3 is 6.16 Å². The van der Waals surface area contributed by atoms with Crippen LogP contribution in [0, 0.1) is 0 Å². The van der Waals surface area contributed by atoms with Crippen LogP contribution in [0.2, 0.25) is 0 Å². The van der Waals surface area contributed by atoms with E-state index in [0.29, 0.717) is 5.56 Å². The molecule has 0 unspecified atom stereocenters. The highest BCUT2D eigenvalue weighted by molar-refractivity contribution is 6.44. The average molecular weight is 264 g/mol. The van der Waals surface area contributed by atoms with Gasteiger partial charge in [0.25, 0.3) is 5.91 Å². The summed E-state index contributed by atoms with van der Waals surface area (Å²) in [5.41, 5.74) is 4.79. The zero-order valence-corrected chi connectivity index (χ0v) is 11.0. The molecule has 6 heteroatoms. The Kier molecular flexibility index (Phi) is 4.63. The van der Waals surface area contributed by atoms with E-state index in [1.165, 1.54) is 0 Å². The van der Waals surface area contributed by atoms with Crippen molar-refractivity contribution in [2.24, 2.45) is 10.9 Å². The monoisotopic (exact) mass is 264 g/mol. The maximum Gasteiger partial charge on any atom is 0.535 e. The first-order valence-corrected chi connectivity index (χ1v) is 5.63. The molecule has 0 saturated heterocycles. The molecule has 0 spiro atoms. The summed E-state index contributed by atoms with van der Waals surface area (Å²) in [6.07, 6.45) is -0.998. The smallest absolute Gasteiger partial charge is 0.427 e. The van der Waals surface area contributed by atoms with Crippen LogP contribution in [-0.2, 0) is 14.4 Å². The normalized spacial score (nSPS) is 11.8. The minimum absolute atomic E-state index is 0.147. The van der Waals surface area contributed by atoms with E-state index < -0.39 is 17.7 Å². The van der Waals surface area contributed by atoms with Gasteiger partial charge in [-0.15, -0.1) is 0 Å². The predicted octanol–water partition coefficient (Wildman–Crippen LogP) is 1.83. The number of amides is 1. The van der Waals surface area contributed by atoms with Gasteiger partial charge in [0.05, 0.1) is 0 Å². The molecule has 102 valence electrons. The van der Waals surface area contributed by atoms with Gasteiger partial charge in [0.15, 0.2) is 5.71 Å². The lowest BCUT2D eigenvalue weighted by molar-refractivity contribution is -0.112. The molecule has 1 rings (SSSR count). The molecule has 1 aromatic rings. The number of hydrogen-bond acceptors (Lipinski definition) is 5. The highest BCUT2D eigenvalue weighted by atomic mass is 16.8. The third kappa shape index (κ3) is 5.20. The lowest BCUT2D eigenvalue weighted by Gasteiger charge is -2.17. The van der Waals surface area contributed by atoms with Crippen molar-refractivity contribution in [2.45, 2.75) is 26.4 Å². The lowest BCUT2D eigenvalue weighted by Crippen LogP contribution is -2.27. The second kappa shape index (κ2) is 5.99. The van der Waals surface area contributed by atoms with Crippen LogP contribution in [0.3, 0.4) is 0 Å². The molecule has 0 aliphatic rings. The third-order valence-electron chi connectivity index (χ3n) is 1.88. The topological polar surface area (TPSA) is 91.0 Å². The fraction of sp³-hybridized carbons (Fsp3) is 0.308. The van der Waals surface area contributed by atoms with Gasteiger partial charge < -0.3 is 10.5 Å². The van der Waals surface area contributed by atoms with Crippen molar-refractivity contribution in [2.75, 3.05) is 0 Å². The number of carbonyl (C=O) groups is 2. The van der Waals surface area contributed by atoms with Gasteiger partial charge in [-0.3, -0.25) is 9.63 Å². The van der Waals surface area contributed by atoms with Crippen LogP contribution < -0.4 is 5.73 Å². The molecule has 19 heavy (non-hydrogen) atoms. The van der Waals surface area contributed by atoms with Crippen LogP contribution in [0.25, 0.3) is 0 Å². The number of oxime groups is 1. The summed E-state index contributed by atoms with van der Waals surface area (Å²) < 4.78 is 4.88. The van der Waals surface area contributed by atoms with E-state index >= 15 is 0 Å². The van der Waals surface area contributed by atoms with Crippen LogP contribution in [0.5, 0.6) is 0 Å². The lowest BCUT2D eigenvalue weighted by atomic mass is 10.1. The summed E-state index contributed by atoms with van der Waals surface area (Å²) in [4.78, 5) is 27.1. The number of rotatable bonds is 3. The van der Waals surface area contributed by atoms with Crippen LogP contribution in [-0.4, -0.2) is 23.4 Å². The number of primary amides is 1. The molecule has 0 fully saturated rings. The molecular weight excluding hydrogens is 248 g/mol. The van der Waals surface area contributed by atoms with Gasteiger partial charge in [-0.1, -0.05) is 35.5 Å². The zero-order valence-electron chi connectivity index (χ0n) is 11.0. The molecule has 6 nitrogen and oxygen atoms in total.